The summed E-state index contributed by atoms with van der Waals surface area (Å²) < 4.78 is 28.0. The summed E-state index contributed by atoms with van der Waals surface area (Å²) in [4.78, 5) is 20.4. The lowest BCUT2D eigenvalue weighted by Crippen LogP contribution is -2.58. The fourth-order valence-corrected chi connectivity index (χ4v) is 4.23. The number of halogens is 2. The van der Waals surface area contributed by atoms with E-state index in [4.69, 9.17) is 0 Å². The van der Waals surface area contributed by atoms with E-state index in [0.29, 0.717) is 5.69 Å². The third kappa shape index (κ3) is 2.83. The number of hydrogen-bond acceptors (Lipinski definition) is 3. The van der Waals surface area contributed by atoms with Crippen LogP contribution in [0.1, 0.15) is 55.0 Å². The first kappa shape index (κ1) is 16.0. The maximum atomic E-state index is 13.0. The molecule has 0 radical (unpaired) electrons. The van der Waals surface area contributed by atoms with Gasteiger partial charge in [0.05, 0.1) is 19.1 Å². The number of likely N-dealkylation sites (tertiary alicyclic amines) is 1. The van der Waals surface area contributed by atoms with E-state index in [2.05, 4.69) is 16.8 Å². The van der Waals surface area contributed by atoms with Gasteiger partial charge >= 0.3 is 0 Å². The molecule has 0 N–H and O–H groups in total. The molecule has 5 nitrogen and oxygen atoms in total. The van der Waals surface area contributed by atoms with Crippen molar-refractivity contribution in [3.63, 3.8) is 0 Å². The van der Waals surface area contributed by atoms with E-state index in [1.807, 2.05) is 4.57 Å². The minimum absolute atomic E-state index is 0.165. The molecule has 1 unspecified atom stereocenters. The average molecular weight is 338 g/mol. The van der Waals surface area contributed by atoms with Gasteiger partial charge in [0, 0.05) is 25.8 Å². The average Bonchev–Trinajstić information content (AvgIpc) is 3.16. The second-order valence-electron chi connectivity index (χ2n) is 7.52. The van der Waals surface area contributed by atoms with Crippen molar-refractivity contribution in [3.05, 3.63) is 17.7 Å². The molecule has 1 saturated carbocycles. The van der Waals surface area contributed by atoms with Crippen molar-refractivity contribution in [2.24, 2.45) is 5.92 Å². The minimum Gasteiger partial charge on any atom is -0.331 e. The molecule has 1 aliphatic carbocycles. The highest BCUT2D eigenvalue weighted by Gasteiger charge is 2.47. The number of rotatable bonds is 3. The van der Waals surface area contributed by atoms with E-state index in [9.17, 15) is 13.6 Å². The van der Waals surface area contributed by atoms with Gasteiger partial charge in [-0.05, 0) is 25.7 Å². The van der Waals surface area contributed by atoms with Crippen molar-refractivity contribution in [2.75, 3.05) is 26.2 Å². The second-order valence-corrected chi connectivity index (χ2v) is 7.52. The normalized spacial score (nSPS) is 27.1. The maximum absolute atomic E-state index is 13.0. The van der Waals surface area contributed by atoms with Crippen molar-refractivity contribution in [3.8, 4) is 0 Å². The lowest BCUT2D eigenvalue weighted by molar-refractivity contribution is -0.113. The second kappa shape index (κ2) is 5.79. The molecule has 1 atom stereocenters. The summed E-state index contributed by atoms with van der Waals surface area (Å²) in [5.74, 6) is -1.45. The van der Waals surface area contributed by atoms with E-state index < -0.39 is 19.0 Å². The lowest BCUT2D eigenvalue weighted by Gasteiger charge is -2.38. The third-order valence-corrected chi connectivity index (χ3v) is 5.68. The SMILES string of the molecule is CC1c2nc(C(=O)N3CC(F)(F)C3)cn2CCN1CC1CCCC1. The zero-order valence-electron chi connectivity index (χ0n) is 14.0. The molecular formula is C17H24F2N4O. The number of hydrogen-bond donors (Lipinski definition) is 0. The van der Waals surface area contributed by atoms with Gasteiger partial charge in [0.1, 0.15) is 11.5 Å². The predicted molar refractivity (Wildman–Crippen MR) is 85.0 cm³/mol. The summed E-state index contributed by atoms with van der Waals surface area (Å²) in [6.07, 6.45) is 7.02. The number of imidazole rings is 1. The van der Waals surface area contributed by atoms with Gasteiger partial charge in [-0.15, -0.1) is 0 Å². The Hall–Kier alpha value is -1.50. The Morgan fingerprint density at radius 3 is 2.67 bits per heavy atom. The smallest absolute Gasteiger partial charge is 0.282 e. The van der Waals surface area contributed by atoms with Crippen LogP contribution in [0, 0.1) is 5.92 Å². The van der Waals surface area contributed by atoms with Crippen LogP contribution in [0.25, 0.3) is 0 Å². The number of fused-ring (bicyclic) bond motifs is 1. The summed E-state index contributed by atoms with van der Waals surface area (Å²) in [5.41, 5.74) is 0.301. The number of amides is 1. The molecule has 4 rings (SSSR count). The van der Waals surface area contributed by atoms with E-state index in [0.717, 1.165) is 31.4 Å². The van der Waals surface area contributed by atoms with Crippen molar-refractivity contribution < 1.29 is 13.6 Å². The summed E-state index contributed by atoms with van der Waals surface area (Å²) in [5, 5.41) is 0. The molecule has 2 fully saturated rings. The van der Waals surface area contributed by atoms with Gasteiger partial charge in [-0.25, -0.2) is 13.8 Å². The number of nitrogens with zero attached hydrogens (tertiary/aromatic N) is 4. The van der Waals surface area contributed by atoms with E-state index >= 15 is 0 Å². The van der Waals surface area contributed by atoms with E-state index in [-0.39, 0.29) is 11.9 Å². The van der Waals surface area contributed by atoms with Crippen LogP contribution in [0.15, 0.2) is 6.20 Å². The molecule has 1 amide bonds. The number of carbonyl (C=O) groups is 1. The summed E-state index contributed by atoms with van der Waals surface area (Å²) in [7, 11) is 0. The standard InChI is InChI=1S/C17H24F2N4O/c1-12-15-20-14(16(24)23-10-17(18,19)11-23)9-22(15)7-6-21(12)8-13-4-2-3-5-13/h9,12-13H,2-8,10-11H2,1H3. The Labute approximate surface area is 140 Å². The molecule has 24 heavy (non-hydrogen) atoms. The highest BCUT2D eigenvalue weighted by Crippen LogP contribution is 2.32. The van der Waals surface area contributed by atoms with Crippen LogP contribution in [-0.2, 0) is 6.54 Å². The van der Waals surface area contributed by atoms with Crippen molar-refractivity contribution >= 4 is 5.91 Å². The Morgan fingerprint density at radius 1 is 1.29 bits per heavy atom. The van der Waals surface area contributed by atoms with Crippen LogP contribution in [0.5, 0.6) is 0 Å². The van der Waals surface area contributed by atoms with Gasteiger partial charge in [0.2, 0.25) is 0 Å². The first-order valence-corrected chi connectivity index (χ1v) is 8.91. The first-order valence-electron chi connectivity index (χ1n) is 8.91. The molecule has 3 heterocycles. The van der Waals surface area contributed by atoms with Gasteiger partial charge < -0.3 is 9.47 Å². The zero-order valence-corrected chi connectivity index (χ0v) is 14.0. The Bertz CT molecular complexity index is 631. The van der Waals surface area contributed by atoms with Crippen LogP contribution >= 0.6 is 0 Å². The van der Waals surface area contributed by atoms with Gasteiger partial charge in [-0.3, -0.25) is 9.69 Å². The topological polar surface area (TPSA) is 41.4 Å². The van der Waals surface area contributed by atoms with E-state index in [1.54, 1.807) is 6.20 Å². The van der Waals surface area contributed by atoms with Gasteiger partial charge in [0.25, 0.3) is 11.8 Å². The Kier molecular flexibility index (Phi) is 3.86. The Balaban J connectivity index is 1.45. The van der Waals surface area contributed by atoms with Crippen LogP contribution in [0.4, 0.5) is 8.78 Å². The fourth-order valence-electron chi connectivity index (χ4n) is 4.23. The van der Waals surface area contributed by atoms with Gasteiger partial charge in [-0.2, -0.15) is 0 Å². The van der Waals surface area contributed by atoms with Crippen LogP contribution in [0.2, 0.25) is 0 Å². The number of alkyl halides is 2. The lowest BCUT2D eigenvalue weighted by atomic mass is 10.1. The molecule has 0 spiro atoms. The summed E-state index contributed by atoms with van der Waals surface area (Å²) in [6, 6.07) is 0.165. The zero-order chi connectivity index (χ0) is 16.9. The van der Waals surface area contributed by atoms with Crippen molar-refractivity contribution in [2.45, 2.75) is 51.1 Å². The predicted octanol–water partition coefficient (Wildman–Crippen LogP) is 2.54. The molecule has 0 bridgehead atoms. The molecule has 1 saturated heterocycles. The van der Waals surface area contributed by atoms with E-state index in [1.165, 1.54) is 30.6 Å². The van der Waals surface area contributed by atoms with Crippen LogP contribution in [-0.4, -0.2) is 57.4 Å². The minimum atomic E-state index is -2.74. The quantitative estimate of drug-likeness (QED) is 0.850. The molecule has 3 aliphatic rings. The highest BCUT2D eigenvalue weighted by atomic mass is 19.3. The molecule has 7 heteroatoms. The van der Waals surface area contributed by atoms with Crippen molar-refractivity contribution in [1.29, 1.82) is 0 Å². The maximum Gasteiger partial charge on any atom is 0.282 e. The summed E-state index contributed by atoms with van der Waals surface area (Å²) >= 11 is 0. The van der Waals surface area contributed by atoms with Gasteiger partial charge in [0.15, 0.2) is 0 Å². The number of aromatic nitrogens is 2. The molecule has 132 valence electrons. The monoisotopic (exact) mass is 338 g/mol. The molecule has 0 aromatic carbocycles. The molecule has 2 aliphatic heterocycles. The number of carbonyl (C=O) groups excluding carboxylic acids is 1. The Morgan fingerprint density at radius 2 is 2.00 bits per heavy atom. The molecule has 1 aromatic rings. The summed E-state index contributed by atoms with van der Waals surface area (Å²) in [6.45, 7) is 4.00. The van der Waals surface area contributed by atoms with Crippen LogP contribution < -0.4 is 0 Å². The van der Waals surface area contributed by atoms with Crippen molar-refractivity contribution in [1.82, 2.24) is 19.4 Å². The highest BCUT2D eigenvalue weighted by molar-refractivity contribution is 5.93. The van der Waals surface area contributed by atoms with Crippen LogP contribution in [0.3, 0.4) is 0 Å². The first-order chi connectivity index (χ1) is 11.4. The third-order valence-electron chi connectivity index (χ3n) is 5.68. The molecule has 1 aromatic heterocycles. The van der Waals surface area contributed by atoms with Gasteiger partial charge in [-0.1, -0.05) is 12.8 Å². The molecular weight excluding hydrogens is 314 g/mol. The largest absolute Gasteiger partial charge is 0.331 e. The fraction of sp³-hybridized carbons (Fsp3) is 0.765.